The van der Waals surface area contributed by atoms with E-state index in [-0.39, 0.29) is 11.9 Å². The third kappa shape index (κ3) is 3.84. The summed E-state index contributed by atoms with van der Waals surface area (Å²) < 4.78 is 2.01. The van der Waals surface area contributed by atoms with Gasteiger partial charge in [0.05, 0.1) is 6.04 Å². The van der Waals surface area contributed by atoms with Crippen LogP contribution in [0.25, 0.3) is 0 Å². The summed E-state index contributed by atoms with van der Waals surface area (Å²) >= 11 is 0. The molecule has 100 valence electrons. The molecule has 5 heteroatoms. The molecule has 1 fully saturated rings. The first-order valence-corrected chi connectivity index (χ1v) is 6.67. The van der Waals surface area contributed by atoms with Crippen LogP contribution in [0.4, 0.5) is 0 Å². The van der Waals surface area contributed by atoms with E-state index in [1.165, 1.54) is 0 Å². The molecule has 0 spiro atoms. The molecule has 2 N–H and O–H groups in total. The first kappa shape index (κ1) is 13.1. The molecule has 1 saturated carbocycles. The molecule has 0 saturated heterocycles. The van der Waals surface area contributed by atoms with Crippen LogP contribution < -0.4 is 10.6 Å². The Kier molecular flexibility index (Phi) is 4.36. The summed E-state index contributed by atoms with van der Waals surface area (Å²) in [4.78, 5) is 15.8. The number of hydrogen-bond acceptors (Lipinski definition) is 3. The Labute approximate surface area is 108 Å². The van der Waals surface area contributed by atoms with Crippen LogP contribution >= 0.6 is 0 Å². The van der Waals surface area contributed by atoms with E-state index in [9.17, 15) is 4.79 Å². The van der Waals surface area contributed by atoms with Crippen LogP contribution in [-0.2, 0) is 11.8 Å². The van der Waals surface area contributed by atoms with Gasteiger partial charge in [-0.3, -0.25) is 4.79 Å². The largest absolute Gasteiger partial charge is 0.353 e. The van der Waals surface area contributed by atoms with Gasteiger partial charge >= 0.3 is 0 Å². The molecule has 1 atom stereocenters. The highest BCUT2D eigenvalue weighted by Crippen LogP contribution is 2.18. The van der Waals surface area contributed by atoms with Gasteiger partial charge in [-0.25, -0.2) is 4.98 Å². The molecule has 1 heterocycles. The molecule has 0 aliphatic heterocycles. The van der Waals surface area contributed by atoms with Gasteiger partial charge in [0.2, 0.25) is 5.91 Å². The summed E-state index contributed by atoms with van der Waals surface area (Å²) in [5.41, 5.74) is 0. The van der Waals surface area contributed by atoms with E-state index >= 15 is 0 Å². The number of nitrogens with one attached hydrogen (secondary N) is 2. The number of carbonyl (C=O) groups excluding carboxylic acids is 1. The molecule has 0 bridgehead atoms. The van der Waals surface area contributed by atoms with Crippen LogP contribution in [0.15, 0.2) is 12.4 Å². The minimum Gasteiger partial charge on any atom is -0.353 e. The van der Waals surface area contributed by atoms with E-state index in [4.69, 9.17) is 0 Å². The molecule has 2 rings (SSSR count). The number of hydrogen-bond donors (Lipinski definition) is 2. The van der Waals surface area contributed by atoms with E-state index in [2.05, 4.69) is 22.5 Å². The average molecular weight is 250 g/mol. The zero-order valence-corrected chi connectivity index (χ0v) is 11.1. The number of carbonyl (C=O) groups is 1. The van der Waals surface area contributed by atoms with Crippen molar-refractivity contribution in [3.8, 4) is 0 Å². The molecule has 1 amide bonds. The van der Waals surface area contributed by atoms with Crippen molar-refractivity contribution in [3.63, 3.8) is 0 Å². The first-order valence-electron chi connectivity index (χ1n) is 6.67. The number of amides is 1. The standard InChI is InChI=1S/C13H22N4O/c1-10(13-15-8-9-17(13)2)14-7-3-4-12(18)16-11-5-6-11/h8-11,14H,3-7H2,1-2H3,(H,16,18). The molecule has 1 unspecified atom stereocenters. The van der Waals surface area contributed by atoms with Crippen LogP contribution in [0.1, 0.15) is 44.5 Å². The Morgan fingerprint density at radius 1 is 1.61 bits per heavy atom. The second-order valence-corrected chi connectivity index (χ2v) is 5.02. The Hall–Kier alpha value is -1.36. The van der Waals surface area contributed by atoms with Crippen LogP contribution in [-0.4, -0.2) is 28.0 Å². The molecule has 0 radical (unpaired) electrons. The monoisotopic (exact) mass is 250 g/mol. The fraction of sp³-hybridized carbons (Fsp3) is 0.692. The van der Waals surface area contributed by atoms with Crippen molar-refractivity contribution in [1.82, 2.24) is 20.2 Å². The summed E-state index contributed by atoms with van der Waals surface area (Å²) in [6.07, 6.45) is 7.53. The molecule has 5 nitrogen and oxygen atoms in total. The average Bonchev–Trinajstić information content (AvgIpc) is 3.04. The molecule has 1 aliphatic rings. The van der Waals surface area contributed by atoms with Crippen LogP contribution in [0.5, 0.6) is 0 Å². The van der Waals surface area contributed by atoms with Crippen molar-refractivity contribution < 1.29 is 4.79 Å². The third-order valence-electron chi connectivity index (χ3n) is 3.22. The van der Waals surface area contributed by atoms with Crippen molar-refractivity contribution in [2.45, 2.75) is 44.7 Å². The highest BCUT2D eigenvalue weighted by Gasteiger charge is 2.22. The smallest absolute Gasteiger partial charge is 0.220 e. The lowest BCUT2D eigenvalue weighted by Gasteiger charge is -2.13. The summed E-state index contributed by atoms with van der Waals surface area (Å²) in [6.45, 7) is 2.93. The molecule has 1 aliphatic carbocycles. The van der Waals surface area contributed by atoms with Crippen molar-refractivity contribution in [1.29, 1.82) is 0 Å². The van der Waals surface area contributed by atoms with Crippen molar-refractivity contribution in [2.75, 3.05) is 6.54 Å². The van der Waals surface area contributed by atoms with Gasteiger partial charge in [0.15, 0.2) is 0 Å². The molecule has 1 aromatic rings. The zero-order valence-electron chi connectivity index (χ0n) is 11.1. The van der Waals surface area contributed by atoms with Crippen LogP contribution in [0, 0.1) is 0 Å². The third-order valence-corrected chi connectivity index (χ3v) is 3.22. The summed E-state index contributed by atoms with van der Waals surface area (Å²) in [6, 6.07) is 0.688. The van der Waals surface area contributed by atoms with Crippen molar-refractivity contribution in [3.05, 3.63) is 18.2 Å². The Bertz CT molecular complexity index is 397. The van der Waals surface area contributed by atoms with Gasteiger partial charge in [0, 0.05) is 31.9 Å². The van der Waals surface area contributed by atoms with Gasteiger partial charge in [-0.1, -0.05) is 0 Å². The van der Waals surface area contributed by atoms with Crippen molar-refractivity contribution >= 4 is 5.91 Å². The van der Waals surface area contributed by atoms with Gasteiger partial charge in [0.25, 0.3) is 0 Å². The lowest BCUT2D eigenvalue weighted by molar-refractivity contribution is -0.121. The summed E-state index contributed by atoms with van der Waals surface area (Å²) in [5.74, 6) is 1.21. The minimum atomic E-state index is 0.184. The fourth-order valence-corrected chi connectivity index (χ4v) is 1.98. The maximum absolute atomic E-state index is 11.5. The van der Waals surface area contributed by atoms with E-state index in [0.717, 1.165) is 31.6 Å². The topological polar surface area (TPSA) is 59.0 Å². The number of aryl methyl sites for hydroxylation is 1. The van der Waals surface area contributed by atoms with Crippen LogP contribution in [0.2, 0.25) is 0 Å². The van der Waals surface area contributed by atoms with Gasteiger partial charge in [-0.05, 0) is 32.7 Å². The van der Waals surface area contributed by atoms with E-state index in [1.807, 2.05) is 17.8 Å². The van der Waals surface area contributed by atoms with Gasteiger partial charge < -0.3 is 15.2 Å². The summed E-state index contributed by atoms with van der Waals surface area (Å²) in [7, 11) is 1.99. The van der Waals surface area contributed by atoms with Gasteiger partial charge in [-0.2, -0.15) is 0 Å². The molecular weight excluding hydrogens is 228 g/mol. The molecule has 18 heavy (non-hydrogen) atoms. The molecule has 1 aromatic heterocycles. The Balaban J connectivity index is 1.60. The van der Waals surface area contributed by atoms with Gasteiger partial charge in [0.1, 0.15) is 5.82 Å². The lowest BCUT2D eigenvalue weighted by Crippen LogP contribution is -2.27. The predicted octanol–water partition coefficient (Wildman–Crippen LogP) is 1.13. The maximum atomic E-state index is 11.5. The van der Waals surface area contributed by atoms with Crippen LogP contribution in [0.3, 0.4) is 0 Å². The maximum Gasteiger partial charge on any atom is 0.220 e. The van der Waals surface area contributed by atoms with E-state index in [1.54, 1.807) is 6.20 Å². The summed E-state index contributed by atoms with van der Waals surface area (Å²) in [5, 5.41) is 6.38. The second-order valence-electron chi connectivity index (χ2n) is 5.02. The Morgan fingerprint density at radius 2 is 2.39 bits per heavy atom. The highest BCUT2D eigenvalue weighted by atomic mass is 16.1. The minimum absolute atomic E-state index is 0.184. The predicted molar refractivity (Wildman–Crippen MR) is 70.0 cm³/mol. The van der Waals surface area contributed by atoms with Gasteiger partial charge in [-0.15, -0.1) is 0 Å². The quantitative estimate of drug-likeness (QED) is 0.713. The normalized spacial score (nSPS) is 16.6. The van der Waals surface area contributed by atoms with E-state index < -0.39 is 0 Å². The number of imidazole rings is 1. The SMILES string of the molecule is CC(NCCCC(=O)NC1CC1)c1nccn1C. The Morgan fingerprint density at radius 3 is 3.00 bits per heavy atom. The highest BCUT2D eigenvalue weighted by molar-refractivity contribution is 5.76. The number of aromatic nitrogens is 2. The van der Waals surface area contributed by atoms with Crippen molar-refractivity contribution in [2.24, 2.45) is 7.05 Å². The number of nitrogens with zero attached hydrogens (tertiary/aromatic N) is 2. The first-order chi connectivity index (χ1) is 8.66. The molecule has 0 aromatic carbocycles. The zero-order chi connectivity index (χ0) is 13.0. The van der Waals surface area contributed by atoms with E-state index in [0.29, 0.717) is 12.5 Å². The lowest BCUT2D eigenvalue weighted by atomic mass is 10.2. The fourth-order valence-electron chi connectivity index (χ4n) is 1.98. The number of rotatable bonds is 7. The molecular formula is C13H22N4O. The second kappa shape index (κ2) is 6.00.